The van der Waals surface area contributed by atoms with Gasteiger partial charge in [-0.1, -0.05) is 12.1 Å². The molecule has 1 aromatic carbocycles. The fourth-order valence-electron chi connectivity index (χ4n) is 2.34. The van der Waals surface area contributed by atoms with Crippen LogP contribution in [0.4, 0.5) is 0 Å². The van der Waals surface area contributed by atoms with Gasteiger partial charge in [-0.3, -0.25) is 0 Å². The highest BCUT2D eigenvalue weighted by molar-refractivity contribution is 5.29. The molecule has 1 heterocycles. The molecular weight excluding hydrogens is 202 g/mol. The second kappa shape index (κ2) is 4.07. The van der Waals surface area contributed by atoms with E-state index in [1.165, 1.54) is 0 Å². The minimum atomic E-state index is -0.547. The zero-order chi connectivity index (χ0) is 11.8. The third-order valence-corrected chi connectivity index (χ3v) is 3.25. The summed E-state index contributed by atoms with van der Waals surface area (Å²) >= 11 is 0. The van der Waals surface area contributed by atoms with Crippen LogP contribution in [-0.4, -0.2) is 21.8 Å². The Balaban J connectivity index is 2.11. The summed E-state index contributed by atoms with van der Waals surface area (Å²) in [5.41, 5.74) is 0.873. The maximum atomic E-state index is 10.2. The number of benzene rings is 1. The fourth-order valence-corrected chi connectivity index (χ4v) is 2.34. The van der Waals surface area contributed by atoms with Gasteiger partial charge in [-0.15, -0.1) is 0 Å². The Morgan fingerprint density at radius 3 is 2.75 bits per heavy atom. The van der Waals surface area contributed by atoms with Crippen LogP contribution in [0.5, 0.6) is 5.75 Å². The van der Waals surface area contributed by atoms with Gasteiger partial charge in [0.15, 0.2) is 0 Å². The van der Waals surface area contributed by atoms with Crippen molar-refractivity contribution >= 4 is 0 Å². The van der Waals surface area contributed by atoms with Crippen LogP contribution >= 0.6 is 0 Å². The lowest BCUT2D eigenvalue weighted by molar-refractivity contribution is 0.131. The Hall–Kier alpha value is -1.06. The van der Waals surface area contributed by atoms with Gasteiger partial charge in [0, 0.05) is 11.6 Å². The van der Waals surface area contributed by atoms with Crippen molar-refractivity contribution in [1.29, 1.82) is 0 Å². The summed E-state index contributed by atoms with van der Waals surface area (Å²) < 4.78 is 0. The van der Waals surface area contributed by atoms with Crippen molar-refractivity contribution in [3.63, 3.8) is 0 Å². The summed E-state index contributed by atoms with van der Waals surface area (Å²) in [6.45, 7) is 4.28. The second-order valence-corrected chi connectivity index (χ2v) is 5.21. The van der Waals surface area contributed by atoms with E-state index in [0.29, 0.717) is 0 Å². The molecule has 2 atom stereocenters. The van der Waals surface area contributed by atoms with Crippen molar-refractivity contribution in [3.8, 4) is 5.75 Å². The largest absolute Gasteiger partial charge is 0.508 e. The molecule has 1 saturated heterocycles. The van der Waals surface area contributed by atoms with Gasteiger partial charge in [0.1, 0.15) is 5.75 Å². The van der Waals surface area contributed by atoms with Gasteiger partial charge in [0.25, 0.3) is 0 Å². The number of aliphatic hydroxyl groups is 1. The van der Waals surface area contributed by atoms with Gasteiger partial charge in [0.2, 0.25) is 0 Å². The Morgan fingerprint density at radius 1 is 1.44 bits per heavy atom. The summed E-state index contributed by atoms with van der Waals surface area (Å²) in [4.78, 5) is 0. The molecule has 1 aliphatic heterocycles. The van der Waals surface area contributed by atoms with Crippen LogP contribution in [0.15, 0.2) is 24.3 Å². The maximum absolute atomic E-state index is 10.2. The number of phenolic OH excluding ortho intramolecular Hbond substituents is 1. The van der Waals surface area contributed by atoms with Crippen molar-refractivity contribution in [1.82, 2.24) is 5.32 Å². The molecule has 0 saturated carbocycles. The molecule has 3 nitrogen and oxygen atoms in total. The summed E-state index contributed by atoms with van der Waals surface area (Å²) in [6, 6.07) is 6.92. The molecule has 0 aromatic heterocycles. The average molecular weight is 221 g/mol. The highest BCUT2D eigenvalue weighted by Gasteiger charge is 2.34. The molecule has 0 radical (unpaired) electrons. The predicted molar refractivity (Wildman–Crippen MR) is 63.3 cm³/mol. The zero-order valence-electron chi connectivity index (χ0n) is 9.77. The summed E-state index contributed by atoms with van der Waals surface area (Å²) in [5, 5.41) is 23.0. The molecule has 1 aromatic rings. The van der Waals surface area contributed by atoms with E-state index >= 15 is 0 Å². The minimum Gasteiger partial charge on any atom is -0.508 e. The Labute approximate surface area is 96.1 Å². The normalized spacial score (nSPS) is 25.6. The van der Waals surface area contributed by atoms with Gasteiger partial charge in [0.05, 0.1) is 6.10 Å². The molecule has 0 amide bonds. The van der Waals surface area contributed by atoms with Gasteiger partial charge < -0.3 is 15.5 Å². The lowest BCUT2D eigenvalue weighted by Crippen LogP contribution is -2.40. The minimum absolute atomic E-state index is 0.0804. The van der Waals surface area contributed by atoms with Crippen molar-refractivity contribution in [3.05, 3.63) is 29.8 Å². The highest BCUT2D eigenvalue weighted by atomic mass is 16.3. The van der Waals surface area contributed by atoms with E-state index in [9.17, 15) is 10.2 Å². The first-order valence-electron chi connectivity index (χ1n) is 5.73. The van der Waals surface area contributed by atoms with Crippen LogP contribution < -0.4 is 5.32 Å². The van der Waals surface area contributed by atoms with E-state index in [0.717, 1.165) is 18.4 Å². The average Bonchev–Trinajstić information content (AvgIpc) is 2.58. The Kier molecular flexibility index (Phi) is 2.91. The number of hydrogen-bond donors (Lipinski definition) is 3. The van der Waals surface area contributed by atoms with Crippen molar-refractivity contribution < 1.29 is 10.2 Å². The molecule has 0 spiro atoms. The highest BCUT2D eigenvalue weighted by Crippen LogP contribution is 2.31. The number of rotatable bonds is 2. The fraction of sp³-hybridized carbons (Fsp3) is 0.538. The smallest absolute Gasteiger partial charge is 0.115 e. The summed E-state index contributed by atoms with van der Waals surface area (Å²) in [7, 11) is 0. The quantitative estimate of drug-likeness (QED) is 0.715. The van der Waals surface area contributed by atoms with Crippen LogP contribution in [0.2, 0.25) is 0 Å². The van der Waals surface area contributed by atoms with Gasteiger partial charge >= 0.3 is 0 Å². The predicted octanol–water partition coefficient (Wildman–Crippen LogP) is 1.96. The lowest BCUT2D eigenvalue weighted by Gasteiger charge is -2.24. The van der Waals surface area contributed by atoms with Gasteiger partial charge in [-0.05, 0) is 44.4 Å². The zero-order valence-corrected chi connectivity index (χ0v) is 9.77. The van der Waals surface area contributed by atoms with Crippen LogP contribution in [0.1, 0.15) is 38.4 Å². The molecule has 0 aliphatic carbocycles. The number of aromatic hydroxyl groups is 1. The van der Waals surface area contributed by atoms with Gasteiger partial charge in [-0.25, -0.2) is 0 Å². The van der Waals surface area contributed by atoms with Crippen molar-refractivity contribution in [2.45, 2.75) is 44.4 Å². The van der Waals surface area contributed by atoms with E-state index in [4.69, 9.17) is 0 Å². The van der Waals surface area contributed by atoms with Crippen LogP contribution in [-0.2, 0) is 0 Å². The topological polar surface area (TPSA) is 52.5 Å². The van der Waals surface area contributed by atoms with E-state index in [1.807, 2.05) is 6.07 Å². The third kappa shape index (κ3) is 2.36. The van der Waals surface area contributed by atoms with Crippen molar-refractivity contribution in [2.24, 2.45) is 0 Å². The van der Waals surface area contributed by atoms with Crippen LogP contribution in [0.3, 0.4) is 0 Å². The molecule has 1 fully saturated rings. The Bertz CT molecular complexity index is 376. The van der Waals surface area contributed by atoms with E-state index < -0.39 is 6.10 Å². The van der Waals surface area contributed by atoms with E-state index in [1.54, 1.807) is 18.2 Å². The Morgan fingerprint density at radius 2 is 2.19 bits per heavy atom. The first kappa shape index (κ1) is 11.4. The number of aliphatic hydroxyl groups excluding tert-OH is 1. The first-order valence-corrected chi connectivity index (χ1v) is 5.73. The molecule has 2 rings (SSSR count). The van der Waals surface area contributed by atoms with Crippen LogP contribution in [0, 0.1) is 0 Å². The van der Waals surface area contributed by atoms with E-state index in [2.05, 4.69) is 19.2 Å². The molecule has 0 unspecified atom stereocenters. The first-order chi connectivity index (χ1) is 7.48. The molecule has 3 heteroatoms. The van der Waals surface area contributed by atoms with Gasteiger partial charge in [-0.2, -0.15) is 0 Å². The summed E-state index contributed by atoms with van der Waals surface area (Å²) in [5.74, 6) is 0.203. The second-order valence-electron chi connectivity index (χ2n) is 5.21. The maximum Gasteiger partial charge on any atom is 0.115 e. The molecular formula is C13H19NO2. The monoisotopic (exact) mass is 221 g/mol. The number of hydrogen-bond acceptors (Lipinski definition) is 3. The molecule has 1 aliphatic rings. The molecule has 16 heavy (non-hydrogen) atoms. The summed E-state index contributed by atoms with van der Waals surface area (Å²) in [6.07, 6.45) is 1.48. The number of nitrogens with one attached hydrogen (secondary N) is 1. The molecule has 3 N–H and O–H groups in total. The SMILES string of the molecule is CC1(C)CC[C@@H]([C@H](O)c2cccc(O)c2)N1. The van der Waals surface area contributed by atoms with Crippen LogP contribution in [0.25, 0.3) is 0 Å². The molecule has 88 valence electrons. The van der Waals surface area contributed by atoms with E-state index in [-0.39, 0.29) is 17.3 Å². The lowest BCUT2D eigenvalue weighted by atomic mass is 10.00. The standard InChI is InChI=1S/C13H19NO2/c1-13(2)7-6-11(14-13)12(16)9-4-3-5-10(15)8-9/h3-5,8,11-12,14-16H,6-7H2,1-2H3/t11-,12+/m0/s1. The molecule has 0 bridgehead atoms. The third-order valence-electron chi connectivity index (χ3n) is 3.25. The van der Waals surface area contributed by atoms with Crippen molar-refractivity contribution in [2.75, 3.05) is 0 Å². The number of phenols is 1.